The van der Waals surface area contributed by atoms with Crippen LogP contribution in [0, 0.1) is 6.92 Å². The van der Waals surface area contributed by atoms with Gasteiger partial charge in [0, 0.05) is 11.0 Å². The maximum atomic E-state index is 14.6. The van der Waals surface area contributed by atoms with E-state index in [9.17, 15) is 9.00 Å². The molecule has 0 bridgehead atoms. The van der Waals surface area contributed by atoms with Gasteiger partial charge in [-0.15, -0.1) is 0 Å². The fourth-order valence-corrected chi connectivity index (χ4v) is 9.98. The third-order valence-corrected chi connectivity index (χ3v) is 11.4. The van der Waals surface area contributed by atoms with Crippen molar-refractivity contribution >= 4 is 47.0 Å². The van der Waals surface area contributed by atoms with Gasteiger partial charge in [-0.1, -0.05) is 42.0 Å². The maximum Gasteiger partial charge on any atom is 0.328 e. The Labute approximate surface area is 187 Å². The van der Waals surface area contributed by atoms with Crippen LogP contribution in [0.15, 0.2) is 93.7 Å². The van der Waals surface area contributed by atoms with Gasteiger partial charge in [-0.25, -0.2) is 19.0 Å². The number of nitrogens with one attached hydrogen (secondary N) is 1. The molecule has 0 aliphatic carbocycles. The van der Waals surface area contributed by atoms with Crippen molar-refractivity contribution in [1.29, 1.82) is 0 Å². The second kappa shape index (κ2) is 7.89. The molecule has 2 atom stereocenters. The molecule has 8 heteroatoms. The van der Waals surface area contributed by atoms with Gasteiger partial charge in [0.25, 0.3) is 0 Å². The van der Waals surface area contributed by atoms with E-state index in [-0.39, 0.29) is 0 Å². The quantitative estimate of drug-likeness (QED) is 0.431. The van der Waals surface area contributed by atoms with Crippen molar-refractivity contribution in [1.82, 2.24) is 9.97 Å². The molecule has 6 nitrogen and oxygen atoms in total. The Morgan fingerprint density at radius 1 is 1.00 bits per heavy atom. The Hall–Kier alpha value is -3.49. The molecule has 0 saturated carbocycles. The molecular formula is C24H19N3O3S2. The number of hydrogen-bond acceptors (Lipinski definition) is 4. The number of para-hydroxylation sites is 2. The molecular weight excluding hydrogens is 442 g/mol. The number of anilines is 1. The molecule has 0 fully saturated rings. The Bertz CT molecular complexity index is 1540. The molecule has 32 heavy (non-hydrogen) atoms. The van der Waals surface area contributed by atoms with E-state index in [1.54, 1.807) is 0 Å². The lowest BCUT2D eigenvalue weighted by Gasteiger charge is -2.13. The molecule has 160 valence electrons. The number of hydrogen-bond donors (Lipinski definition) is 2. The fourth-order valence-electron chi connectivity index (χ4n) is 3.48. The molecule has 0 spiro atoms. The van der Waals surface area contributed by atoms with E-state index in [1.165, 1.54) is 6.08 Å². The summed E-state index contributed by atoms with van der Waals surface area (Å²) in [6.07, 6.45) is 2.62. The monoisotopic (exact) mass is 461 g/mol. The lowest BCUT2D eigenvalue weighted by molar-refractivity contribution is -0.131. The molecule has 0 amide bonds. The predicted molar refractivity (Wildman–Crippen MR) is 128 cm³/mol. The Balaban J connectivity index is 1.79. The van der Waals surface area contributed by atoms with Crippen molar-refractivity contribution in [2.24, 2.45) is 0 Å². The summed E-state index contributed by atoms with van der Waals surface area (Å²) in [6.45, 7) is 1.99. The molecule has 0 radical (unpaired) electrons. The smallest absolute Gasteiger partial charge is 0.328 e. The molecule has 1 aliphatic rings. The van der Waals surface area contributed by atoms with E-state index in [1.807, 2.05) is 79.7 Å². The number of aromatic nitrogens is 2. The molecule has 1 aliphatic heterocycles. The highest BCUT2D eigenvalue weighted by atomic mass is 32.9. The summed E-state index contributed by atoms with van der Waals surface area (Å²) in [6, 6.07) is 22.6. The number of carboxylic acid groups (broad SMARTS) is 1. The van der Waals surface area contributed by atoms with Crippen LogP contribution >= 0.6 is 0 Å². The highest BCUT2D eigenvalue weighted by molar-refractivity contribution is 8.48. The first-order valence-electron chi connectivity index (χ1n) is 9.85. The first-order valence-corrected chi connectivity index (χ1v) is 13.2. The first-order chi connectivity index (χ1) is 15.4. The predicted octanol–water partition coefficient (Wildman–Crippen LogP) is 4.67. The van der Waals surface area contributed by atoms with Gasteiger partial charge in [-0.2, -0.15) is 0 Å². The zero-order valence-electron chi connectivity index (χ0n) is 17.1. The van der Waals surface area contributed by atoms with Crippen molar-refractivity contribution in [3.05, 3.63) is 90.0 Å². The second-order valence-electron chi connectivity index (χ2n) is 7.30. The standard InChI is InChI=1S/C24H19N3O3S2/c1-16-9-12-19(13-10-16)32(30)27-23-24(26-21-8-3-2-7-20(21)25-23)31(32)18-6-4-5-17(15-18)11-14-22(28)29/h2-15H,1H3,(H,28,29)(H,25,27,30)/b14-11+. The Morgan fingerprint density at radius 3 is 2.44 bits per heavy atom. The first kappa shape index (κ1) is 20.4. The third kappa shape index (κ3) is 3.57. The van der Waals surface area contributed by atoms with Crippen molar-refractivity contribution in [3.63, 3.8) is 0 Å². The summed E-state index contributed by atoms with van der Waals surface area (Å²) in [5.74, 6) is -0.504. The van der Waals surface area contributed by atoms with Gasteiger partial charge in [0.2, 0.25) is 0 Å². The van der Waals surface area contributed by atoms with Crippen molar-refractivity contribution in [3.8, 4) is 0 Å². The van der Waals surface area contributed by atoms with Crippen molar-refractivity contribution in [2.75, 3.05) is 4.72 Å². The topological polar surface area (TPSA) is 92.2 Å². The molecule has 2 N–H and O–H groups in total. The van der Waals surface area contributed by atoms with Crippen LogP contribution in [-0.4, -0.2) is 25.3 Å². The summed E-state index contributed by atoms with van der Waals surface area (Å²) in [4.78, 5) is 22.0. The van der Waals surface area contributed by atoms with Crippen LogP contribution in [0.2, 0.25) is 0 Å². The summed E-state index contributed by atoms with van der Waals surface area (Å²) in [5, 5.41) is 9.63. The zero-order chi connectivity index (χ0) is 22.3. The number of carbonyl (C=O) groups is 1. The minimum absolute atomic E-state index is 0.518. The summed E-state index contributed by atoms with van der Waals surface area (Å²) < 4.78 is 17.8. The Kier molecular flexibility index (Phi) is 5.03. The number of carboxylic acids is 1. The highest BCUT2D eigenvalue weighted by Crippen LogP contribution is 2.37. The number of aliphatic carboxylic acids is 1. The minimum Gasteiger partial charge on any atom is -0.478 e. The van der Waals surface area contributed by atoms with Gasteiger partial charge in [0.15, 0.2) is 5.82 Å². The van der Waals surface area contributed by atoms with E-state index in [4.69, 9.17) is 15.1 Å². The van der Waals surface area contributed by atoms with Gasteiger partial charge in [0.05, 0.1) is 15.9 Å². The maximum absolute atomic E-state index is 14.6. The van der Waals surface area contributed by atoms with Gasteiger partial charge >= 0.3 is 5.97 Å². The summed E-state index contributed by atoms with van der Waals surface area (Å²) in [5.41, 5.74) is 3.26. The average molecular weight is 462 g/mol. The van der Waals surface area contributed by atoms with E-state index in [0.717, 1.165) is 27.6 Å². The molecule has 3 aromatic carbocycles. The lowest BCUT2D eigenvalue weighted by Crippen LogP contribution is -2.13. The van der Waals surface area contributed by atoms with Gasteiger partial charge in [0.1, 0.15) is 13.7 Å². The van der Waals surface area contributed by atoms with Crippen LogP contribution in [0.1, 0.15) is 11.1 Å². The van der Waals surface area contributed by atoms with Crippen LogP contribution < -0.4 is 4.72 Å². The van der Waals surface area contributed by atoms with E-state index >= 15 is 0 Å². The Morgan fingerprint density at radius 2 is 1.72 bits per heavy atom. The van der Waals surface area contributed by atoms with Crippen LogP contribution in [0.4, 0.5) is 5.82 Å². The van der Waals surface area contributed by atoms with Crippen molar-refractivity contribution < 1.29 is 14.1 Å². The molecule has 2 heterocycles. The van der Waals surface area contributed by atoms with E-state index < -0.39 is 24.1 Å². The zero-order valence-corrected chi connectivity index (χ0v) is 18.7. The SMILES string of the molecule is Cc1ccc(S2(=O)=S(c3cccc(/C=C/C(=O)O)c3)c3nc4ccccc4nc3N2)cc1. The van der Waals surface area contributed by atoms with Gasteiger partial charge in [-0.05, 0) is 64.4 Å². The number of nitrogens with zero attached hydrogens (tertiary/aromatic N) is 2. The van der Waals surface area contributed by atoms with Crippen LogP contribution in [-0.2, 0) is 22.9 Å². The number of aryl methyl sites for hydroxylation is 1. The minimum atomic E-state index is -2.82. The summed E-state index contributed by atoms with van der Waals surface area (Å²) >= 11 is 0. The average Bonchev–Trinajstić information content (AvgIpc) is 3.08. The number of fused-ring (bicyclic) bond motifs is 2. The fraction of sp³-hybridized carbons (Fsp3) is 0.0417. The van der Waals surface area contributed by atoms with Crippen LogP contribution in [0.3, 0.4) is 0 Å². The lowest BCUT2D eigenvalue weighted by atomic mass is 10.2. The van der Waals surface area contributed by atoms with Crippen molar-refractivity contribution in [2.45, 2.75) is 21.7 Å². The number of benzene rings is 3. The van der Waals surface area contributed by atoms with E-state index in [2.05, 4.69) is 4.72 Å². The van der Waals surface area contributed by atoms with Gasteiger partial charge < -0.3 is 5.11 Å². The van der Waals surface area contributed by atoms with Crippen LogP contribution in [0.25, 0.3) is 17.1 Å². The normalized spacial score (nSPS) is 19.7. The third-order valence-electron chi connectivity index (χ3n) is 5.00. The largest absolute Gasteiger partial charge is 0.478 e. The van der Waals surface area contributed by atoms with Crippen LogP contribution in [0.5, 0.6) is 0 Å². The highest BCUT2D eigenvalue weighted by Gasteiger charge is 2.32. The van der Waals surface area contributed by atoms with E-state index in [0.29, 0.717) is 21.3 Å². The van der Waals surface area contributed by atoms with Gasteiger partial charge in [-0.3, -0.25) is 4.72 Å². The molecule has 5 rings (SSSR count). The molecule has 0 saturated heterocycles. The molecule has 4 aromatic rings. The number of rotatable bonds is 4. The molecule has 2 unspecified atom stereocenters. The second-order valence-corrected chi connectivity index (χ2v) is 12.8. The summed E-state index contributed by atoms with van der Waals surface area (Å²) in [7, 11) is -3.76. The molecule has 1 aromatic heterocycles.